The molecule has 2 aliphatic rings. The largest absolute Gasteiger partial charge is 0.377 e. The molecule has 0 radical (unpaired) electrons. The standard InChI is InChI=1S/C17H27N3O3S/c1-13(2)19(3)8-14-4-5-17(23-14)10-20(6-7-22-11-17)16(21)15-9-24-12-18-15/h9,12-14H,4-8,10-11H2,1-3H3. The third-order valence-electron chi connectivity index (χ3n) is 5.00. The summed E-state index contributed by atoms with van der Waals surface area (Å²) in [7, 11) is 2.13. The fourth-order valence-corrected chi connectivity index (χ4v) is 3.86. The second-order valence-electron chi connectivity index (χ2n) is 7.15. The van der Waals surface area contributed by atoms with Gasteiger partial charge in [-0.15, -0.1) is 11.3 Å². The first-order valence-electron chi connectivity index (χ1n) is 8.62. The zero-order chi connectivity index (χ0) is 17.2. The van der Waals surface area contributed by atoms with Crippen LogP contribution in [0.1, 0.15) is 37.2 Å². The van der Waals surface area contributed by atoms with Gasteiger partial charge in [0, 0.05) is 24.5 Å². The van der Waals surface area contributed by atoms with Gasteiger partial charge in [0.25, 0.3) is 5.91 Å². The Kier molecular flexibility index (Phi) is 5.54. The summed E-state index contributed by atoms with van der Waals surface area (Å²) in [6, 6.07) is 0.498. The number of amides is 1. The van der Waals surface area contributed by atoms with Crippen LogP contribution in [-0.2, 0) is 9.47 Å². The summed E-state index contributed by atoms with van der Waals surface area (Å²) in [5, 5.41) is 1.80. The van der Waals surface area contributed by atoms with E-state index in [2.05, 4.69) is 30.8 Å². The molecule has 2 aliphatic heterocycles. The Bertz CT molecular complexity index is 551. The number of likely N-dealkylation sites (N-methyl/N-ethyl adjacent to an activating group) is 1. The van der Waals surface area contributed by atoms with E-state index in [1.54, 1.807) is 10.9 Å². The number of thiazole rings is 1. The van der Waals surface area contributed by atoms with Crippen molar-refractivity contribution >= 4 is 17.2 Å². The summed E-state index contributed by atoms with van der Waals surface area (Å²) in [4.78, 5) is 21.0. The van der Waals surface area contributed by atoms with Gasteiger partial charge in [-0.1, -0.05) is 0 Å². The molecule has 6 nitrogen and oxygen atoms in total. The molecule has 2 atom stereocenters. The number of rotatable bonds is 4. The van der Waals surface area contributed by atoms with Crippen LogP contribution in [0.3, 0.4) is 0 Å². The lowest BCUT2D eigenvalue weighted by Crippen LogP contribution is -2.47. The van der Waals surface area contributed by atoms with Crippen molar-refractivity contribution in [3.63, 3.8) is 0 Å². The smallest absolute Gasteiger partial charge is 0.273 e. The maximum absolute atomic E-state index is 12.7. The molecule has 1 amide bonds. The van der Waals surface area contributed by atoms with Gasteiger partial charge in [0.05, 0.1) is 31.4 Å². The minimum absolute atomic E-state index is 0.0209. The fourth-order valence-electron chi connectivity index (χ4n) is 3.34. The Morgan fingerprint density at radius 1 is 1.58 bits per heavy atom. The number of hydrogen-bond acceptors (Lipinski definition) is 6. The van der Waals surface area contributed by atoms with E-state index in [9.17, 15) is 4.79 Å². The van der Waals surface area contributed by atoms with Crippen molar-refractivity contribution in [2.75, 3.05) is 39.9 Å². The highest BCUT2D eigenvalue weighted by Crippen LogP contribution is 2.33. The number of nitrogens with zero attached hydrogens (tertiary/aromatic N) is 3. The average molecular weight is 353 g/mol. The molecule has 3 heterocycles. The molecule has 1 aromatic rings. The van der Waals surface area contributed by atoms with Crippen molar-refractivity contribution in [3.05, 3.63) is 16.6 Å². The Morgan fingerprint density at radius 2 is 2.42 bits per heavy atom. The number of aromatic nitrogens is 1. The first-order valence-corrected chi connectivity index (χ1v) is 9.57. The lowest BCUT2D eigenvalue weighted by molar-refractivity contribution is -0.0901. The second-order valence-corrected chi connectivity index (χ2v) is 7.87. The molecule has 1 aromatic heterocycles. The van der Waals surface area contributed by atoms with Gasteiger partial charge < -0.3 is 19.3 Å². The van der Waals surface area contributed by atoms with Gasteiger partial charge in [-0.25, -0.2) is 4.98 Å². The summed E-state index contributed by atoms with van der Waals surface area (Å²) in [5.74, 6) is -0.0209. The summed E-state index contributed by atoms with van der Waals surface area (Å²) in [6.07, 6.45) is 2.15. The van der Waals surface area contributed by atoms with E-state index in [0.717, 1.165) is 19.4 Å². The highest BCUT2D eigenvalue weighted by Gasteiger charge is 2.44. The lowest BCUT2D eigenvalue weighted by Gasteiger charge is -2.32. The summed E-state index contributed by atoms with van der Waals surface area (Å²) >= 11 is 1.44. The minimum Gasteiger partial charge on any atom is -0.377 e. The van der Waals surface area contributed by atoms with Crippen LogP contribution in [0.5, 0.6) is 0 Å². The molecule has 24 heavy (non-hydrogen) atoms. The van der Waals surface area contributed by atoms with Crippen molar-refractivity contribution in [1.29, 1.82) is 0 Å². The second kappa shape index (κ2) is 7.47. The number of carbonyl (C=O) groups excluding carboxylic acids is 1. The summed E-state index contributed by atoms with van der Waals surface area (Å²) in [6.45, 7) is 7.59. The molecule has 0 aromatic carbocycles. The first kappa shape index (κ1) is 17.8. The molecule has 1 spiro atoms. The summed E-state index contributed by atoms with van der Waals surface area (Å²) in [5.41, 5.74) is 1.84. The SMILES string of the molecule is CC(C)N(C)CC1CCC2(COCCN(C(=O)c3cscn3)C2)O1. The van der Waals surface area contributed by atoms with Crippen LogP contribution < -0.4 is 0 Å². The van der Waals surface area contributed by atoms with Gasteiger partial charge in [-0.05, 0) is 33.7 Å². The van der Waals surface area contributed by atoms with E-state index in [1.165, 1.54) is 11.3 Å². The zero-order valence-electron chi connectivity index (χ0n) is 14.7. The van der Waals surface area contributed by atoms with Gasteiger partial charge >= 0.3 is 0 Å². The molecule has 0 aliphatic carbocycles. The number of carbonyl (C=O) groups is 1. The molecular weight excluding hydrogens is 326 g/mol. The molecule has 2 saturated heterocycles. The molecule has 0 saturated carbocycles. The van der Waals surface area contributed by atoms with Crippen LogP contribution >= 0.6 is 11.3 Å². The highest BCUT2D eigenvalue weighted by atomic mass is 32.1. The fraction of sp³-hybridized carbons (Fsp3) is 0.765. The first-order chi connectivity index (χ1) is 11.5. The third kappa shape index (κ3) is 3.96. The molecule has 2 unspecified atom stereocenters. The summed E-state index contributed by atoms with van der Waals surface area (Å²) < 4.78 is 12.2. The molecule has 7 heteroatoms. The molecule has 2 fully saturated rings. The van der Waals surface area contributed by atoms with Crippen molar-refractivity contribution in [2.24, 2.45) is 0 Å². The maximum Gasteiger partial charge on any atom is 0.273 e. The average Bonchev–Trinajstić information content (AvgIpc) is 3.15. The highest BCUT2D eigenvalue weighted by molar-refractivity contribution is 7.07. The van der Waals surface area contributed by atoms with E-state index in [1.807, 2.05) is 4.90 Å². The predicted octanol–water partition coefficient (Wildman–Crippen LogP) is 1.87. The Morgan fingerprint density at radius 3 is 3.12 bits per heavy atom. The van der Waals surface area contributed by atoms with Gasteiger partial charge in [0.2, 0.25) is 0 Å². The number of ether oxygens (including phenoxy) is 2. The Labute approximate surface area is 147 Å². The number of hydrogen-bond donors (Lipinski definition) is 0. The minimum atomic E-state index is -0.370. The molecule has 3 rings (SSSR count). The van der Waals surface area contributed by atoms with Crippen LogP contribution in [0.25, 0.3) is 0 Å². The maximum atomic E-state index is 12.7. The van der Waals surface area contributed by atoms with E-state index in [-0.39, 0.29) is 17.6 Å². The van der Waals surface area contributed by atoms with Crippen molar-refractivity contribution in [3.8, 4) is 0 Å². The molecule has 0 bridgehead atoms. The van der Waals surface area contributed by atoms with Crippen molar-refractivity contribution < 1.29 is 14.3 Å². The predicted molar refractivity (Wildman–Crippen MR) is 93.4 cm³/mol. The molecule has 0 N–H and O–H groups in total. The van der Waals surface area contributed by atoms with E-state index in [0.29, 0.717) is 38.0 Å². The molecule has 134 valence electrons. The molecular formula is C17H27N3O3S. The van der Waals surface area contributed by atoms with Crippen LogP contribution in [0.4, 0.5) is 0 Å². The van der Waals surface area contributed by atoms with Crippen LogP contribution in [-0.4, -0.2) is 78.3 Å². The van der Waals surface area contributed by atoms with E-state index < -0.39 is 0 Å². The monoisotopic (exact) mass is 353 g/mol. The van der Waals surface area contributed by atoms with Crippen LogP contribution in [0.2, 0.25) is 0 Å². The quantitative estimate of drug-likeness (QED) is 0.827. The van der Waals surface area contributed by atoms with Gasteiger partial charge in [-0.2, -0.15) is 0 Å². The van der Waals surface area contributed by atoms with Gasteiger partial charge in [-0.3, -0.25) is 4.79 Å². The Hall–Kier alpha value is -1.02. The lowest BCUT2D eigenvalue weighted by atomic mass is 10.00. The topological polar surface area (TPSA) is 54.9 Å². The van der Waals surface area contributed by atoms with E-state index >= 15 is 0 Å². The van der Waals surface area contributed by atoms with E-state index in [4.69, 9.17) is 9.47 Å². The zero-order valence-corrected chi connectivity index (χ0v) is 15.6. The van der Waals surface area contributed by atoms with Crippen molar-refractivity contribution in [1.82, 2.24) is 14.8 Å². The van der Waals surface area contributed by atoms with Gasteiger partial charge in [0.15, 0.2) is 0 Å². The van der Waals surface area contributed by atoms with Crippen LogP contribution in [0.15, 0.2) is 10.9 Å². The Balaban J connectivity index is 1.65. The van der Waals surface area contributed by atoms with Gasteiger partial charge in [0.1, 0.15) is 11.3 Å². The third-order valence-corrected chi connectivity index (χ3v) is 5.59. The normalized spacial score (nSPS) is 28.0. The van der Waals surface area contributed by atoms with Crippen molar-refractivity contribution in [2.45, 2.75) is 44.4 Å². The van der Waals surface area contributed by atoms with Crippen LogP contribution in [0, 0.1) is 0 Å².